The van der Waals surface area contributed by atoms with Crippen LogP contribution in [0.15, 0.2) is 24.3 Å². The van der Waals surface area contributed by atoms with Crippen LogP contribution >= 0.6 is 0 Å². The number of ether oxygens (including phenoxy) is 3. The fourth-order valence-electron chi connectivity index (χ4n) is 2.44. The summed E-state index contributed by atoms with van der Waals surface area (Å²) in [5, 5.41) is 2.99. The van der Waals surface area contributed by atoms with Gasteiger partial charge >= 0.3 is 0 Å². The van der Waals surface area contributed by atoms with Crippen molar-refractivity contribution in [2.24, 2.45) is 0 Å². The van der Waals surface area contributed by atoms with E-state index in [0.29, 0.717) is 19.8 Å². The van der Waals surface area contributed by atoms with Gasteiger partial charge in [0.05, 0.1) is 25.9 Å². The number of carbonyl (C=O) groups excluding carboxylic acids is 1. The minimum atomic E-state index is -0.473. The molecular weight excluding hydrogens is 294 g/mol. The minimum Gasteiger partial charge on any atom is -0.491 e. The van der Waals surface area contributed by atoms with Gasteiger partial charge < -0.3 is 19.5 Å². The zero-order valence-corrected chi connectivity index (χ0v) is 14.2. The van der Waals surface area contributed by atoms with E-state index in [9.17, 15) is 4.79 Å². The summed E-state index contributed by atoms with van der Waals surface area (Å²) >= 11 is 0. The predicted molar refractivity (Wildman–Crippen MR) is 88.7 cm³/mol. The molecule has 23 heavy (non-hydrogen) atoms. The molecule has 1 aliphatic rings. The molecule has 1 aromatic rings. The standard InChI is InChI=1S/C18H27NO4/c1-13(2)23-16-8-6-15(7-9-16)5-4-14(3)19-18(20)17-12-21-10-11-22-17/h6-9,13-14,17H,4-5,10-12H2,1-3H3,(H,19,20)/t14-,17+/m0/s1. The van der Waals surface area contributed by atoms with Gasteiger partial charge in [-0.05, 0) is 51.3 Å². The van der Waals surface area contributed by atoms with E-state index in [0.717, 1.165) is 18.6 Å². The van der Waals surface area contributed by atoms with Crippen molar-refractivity contribution in [2.45, 2.75) is 51.9 Å². The first-order valence-corrected chi connectivity index (χ1v) is 8.30. The summed E-state index contributed by atoms with van der Waals surface area (Å²) in [7, 11) is 0. The van der Waals surface area contributed by atoms with Gasteiger partial charge in [-0.15, -0.1) is 0 Å². The van der Waals surface area contributed by atoms with Gasteiger partial charge in [-0.3, -0.25) is 4.79 Å². The largest absolute Gasteiger partial charge is 0.491 e. The molecule has 0 radical (unpaired) electrons. The van der Waals surface area contributed by atoms with Gasteiger partial charge in [0.25, 0.3) is 5.91 Å². The van der Waals surface area contributed by atoms with Crippen molar-refractivity contribution in [2.75, 3.05) is 19.8 Å². The molecule has 0 unspecified atom stereocenters. The van der Waals surface area contributed by atoms with Gasteiger partial charge in [-0.1, -0.05) is 12.1 Å². The molecule has 1 aromatic carbocycles. The molecule has 2 rings (SSSR count). The van der Waals surface area contributed by atoms with Crippen LogP contribution in [-0.4, -0.2) is 44.0 Å². The number of rotatable bonds is 7. The Bertz CT molecular complexity index is 480. The molecular formula is C18H27NO4. The average molecular weight is 321 g/mol. The molecule has 128 valence electrons. The summed E-state index contributed by atoms with van der Waals surface area (Å²) in [6.07, 6.45) is 1.50. The molecule has 1 amide bonds. The zero-order chi connectivity index (χ0) is 16.7. The zero-order valence-electron chi connectivity index (χ0n) is 14.2. The van der Waals surface area contributed by atoms with Crippen LogP contribution in [0.25, 0.3) is 0 Å². The Morgan fingerprint density at radius 3 is 2.61 bits per heavy atom. The lowest BCUT2D eigenvalue weighted by Crippen LogP contribution is -2.45. The third-order valence-electron chi connectivity index (χ3n) is 3.66. The number of hydrogen-bond donors (Lipinski definition) is 1. The molecule has 1 heterocycles. The molecule has 5 nitrogen and oxygen atoms in total. The first-order valence-electron chi connectivity index (χ1n) is 8.30. The molecule has 0 aliphatic carbocycles. The number of aryl methyl sites for hydroxylation is 1. The Morgan fingerprint density at radius 1 is 1.26 bits per heavy atom. The van der Waals surface area contributed by atoms with Crippen molar-refractivity contribution >= 4 is 5.91 Å². The molecule has 0 bridgehead atoms. The maximum absolute atomic E-state index is 12.0. The van der Waals surface area contributed by atoms with Gasteiger partial charge in [-0.2, -0.15) is 0 Å². The molecule has 1 fully saturated rings. The van der Waals surface area contributed by atoms with Crippen molar-refractivity contribution in [3.05, 3.63) is 29.8 Å². The van der Waals surface area contributed by atoms with Crippen LogP contribution in [0.4, 0.5) is 0 Å². The van der Waals surface area contributed by atoms with Crippen LogP contribution in [0.2, 0.25) is 0 Å². The van der Waals surface area contributed by atoms with Crippen LogP contribution in [0, 0.1) is 0 Å². The smallest absolute Gasteiger partial charge is 0.251 e. The van der Waals surface area contributed by atoms with E-state index in [1.54, 1.807) is 0 Å². The Labute approximate surface area is 138 Å². The number of benzene rings is 1. The normalized spacial score (nSPS) is 19.4. The number of nitrogens with one attached hydrogen (secondary N) is 1. The molecule has 2 atom stereocenters. The van der Waals surface area contributed by atoms with E-state index < -0.39 is 6.10 Å². The van der Waals surface area contributed by atoms with Crippen molar-refractivity contribution in [1.82, 2.24) is 5.32 Å². The fourth-order valence-corrected chi connectivity index (χ4v) is 2.44. The summed E-state index contributed by atoms with van der Waals surface area (Å²) in [5.74, 6) is 0.803. The van der Waals surface area contributed by atoms with E-state index >= 15 is 0 Å². The Kier molecular flexibility index (Phi) is 6.86. The lowest BCUT2D eigenvalue weighted by atomic mass is 10.1. The molecule has 5 heteroatoms. The number of carbonyl (C=O) groups is 1. The van der Waals surface area contributed by atoms with Crippen LogP contribution < -0.4 is 10.1 Å². The summed E-state index contributed by atoms with van der Waals surface area (Å²) < 4.78 is 16.3. The Hall–Kier alpha value is -1.59. The Morgan fingerprint density at radius 2 is 2.00 bits per heavy atom. The quantitative estimate of drug-likeness (QED) is 0.837. The van der Waals surface area contributed by atoms with Crippen molar-refractivity contribution in [1.29, 1.82) is 0 Å². The summed E-state index contributed by atoms with van der Waals surface area (Å²) in [5.41, 5.74) is 1.24. The van der Waals surface area contributed by atoms with Crippen molar-refractivity contribution in [3.63, 3.8) is 0 Å². The summed E-state index contributed by atoms with van der Waals surface area (Å²) in [4.78, 5) is 12.0. The highest BCUT2D eigenvalue weighted by atomic mass is 16.6. The third kappa shape index (κ3) is 6.20. The molecule has 0 saturated carbocycles. The Balaban J connectivity index is 1.73. The predicted octanol–water partition coefficient (Wildman–Crippen LogP) is 2.33. The molecule has 1 N–H and O–H groups in total. The minimum absolute atomic E-state index is 0.0853. The molecule has 0 spiro atoms. The van der Waals surface area contributed by atoms with E-state index in [4.69, 9.17) is 14.2 Å². The van der Waals surface area contributed by atoms with Crippen molar-refractivity contribution in [3.8, 4) is 5.75 Å². The van der Waals surface area contributed by atoms with Gasteiger partial charge in [0.15, 0.2) is 6.10 Å². The third-order valence-corrected chi connectivity index (χ3v) is 3.66. The van der Waals surface area contributed by atoms with Crippen LogP contribution in [0.1, 0.15) is 32.8 Å². The maximum atomic E-state index is 12.0. The summed E-state index contributed by atoms with van der Waals surface area (Å²) in [6, 6.07) is 8.23. The van der Waals surface area contributed by atoms with Crippen LogP contribution in [-0.2, 0) is 20.7 Å². The van der Waals surface area contributed by atoms with Gasteiger partial charge in [0, 0.05) is 6.04 Å². The van der Waals surface area contributed by atoms with E-state index in [2.05, 4.69) is 17.4 Å². The van der Waals surface area contributed by atoms with E-state index in [-0.39, 0.29) is 18.1 Å². The maximum Gasteiger partial charge on any atom is 0.251 e. The first kappa shape index (κ1) is 17.8. The monoisotopic (exact) mass is 321 g/mol. The van der Waals surface area contributed by atoms with Gasteiger partial charge in [0.2, 0.25) is 0 Å². The topological polar surface area (TPSA) is 56.8 Å². The van der Waals surface area contributed by atoms with Crippen molar-refractivity contribution < 1.29 is 19.0 Å². The molecule has 1 aliphatic heterocycles. The first-order chi connectivity index (χ1) is 11.0. The molecule has 0 aromatic heterocycles. The van der Waals surface area contributed by atoms with Crippen LogP contribution in [0.5, 0.6) is 5.75 Å². The second-order valence-corrected chi connectivity index (χ2v) is 6.19. The van der Waals surface area contributed by atoms with Crippen LogP contribution in [0.3, 0.4) is 0 Å². The SMILES string of the molecule is CC(C)Oc1ccc(CC[C@H](C)NC(=O)[C@H]2COCCO2)cc1. The summed E-state index contributed by atoms with van der Waals surface area (Å²) in [6.45, 7) is 7.43. The average Bonchev–Trinajstić information content (AvgIpc) is 2.54. The van der Waals surface area contributed by atoms with E-state index in [1.165, 1.54) is 5.56 Å². The lowest BCUT2D eigenvalue weighted by Gasteiger charge is -2.24. The highest BCUT2D eigenvalue weighted by molar-refractivity contribution is 5.81. The lowest BCUT2D eigenvalue weighted by molar-refractivity contribution is -0.148. The highest BCUT2D eigenvalue weighted by Gasteiger charge is 2.23. The number of hydrogen-bond acceptors (Lipinski definition) is 4. The second-order valence-electron chi connectivity index (χ2n) is 6.19. The van der Waals surface area contributed by atoms with Gasteiger partial charge in [-0.25, -0.2) is 0 Å². The van der Waals surface area contributed by atoms with Gasteiger partial charge in [0.1, 0.15) is 5.75 Å². The molecule has 1 saturated heterocycles. The number of amides is 1. The van der Waals surface area contributed by atoms with E-state index in [1.807, 2.05) is 32.9 Å². The fraction of sp³-hybridized carbons (Fsp3) is 0.611. The second kappa shape index (κ2) is 8.89. The highest BCUT2D eigenvalue weighted by Crippen LogP contribution is 2.15.